The van der Waals surface area contributed by atoms with Gasteiger partial charge in [0.15, 0.2) is 0 Å². The van der Waals surface area contributed by atoms with Gasteiger partial charge in [-0.1, -0.05) is 11.6 Å². The van der Waals surface area contributed by atoms with E-state index < -0.39 is 9.85 Å². The van der Waals surface area contributed by atoms with E-state index in [4.69, 9.17) is 11.6 Å². The highest BCUT2D eigenvalue weighted by molar-refractivity contribution is 6.33. The highest BCUT2D eigenvalue weighted by Gasteiger charge is 2.25. The summed E-state index contributed by atoms with van der Waals surface area (Å²) in [5, 5.41) is 22.4. The lowest BCUT2D eigenvalue weighted by Gasteiger charge is -2.37. The van der Waals surface area contributed by atoms with Crippen molar-refractivity contribution in [1.29, 1.82) is 0 Å². The van der Waals surface area contributed by atoms with Gasteiger partial charge in [-0.2, -0.15) is 0 Å². The quantitative estimate of drug-likeness (QED) is 0.437. The molecule has 1 heterocycles. The first kappa shape index (κ1) is 18.6. The molecule has 0 amide bonds. The van der Waals surface area contributed by atoms with Gasteiger partial charge in [0.2, 0.25) is 0 Å². The van der Waals surface area contributed by atoms with Crippen LogP contribution in [0.1, 0.15) is 10.4 Å². The van der Waals surface area contributed by atoms with Gasteiger partial charge < -0.3 is 9.80 Å². The number of nitrogens with zero attached hydrogens (tertiary/aromatic N) is 4. The summed E-state index contributed by atoms with van der Waals surface area (Å²) in [7, 11) is 0. The molecule has 1 saturated heterocycles. The summed E-state index contributed by atoms with van der Waals surface area (Å²) in [5.41, 5.74) is 1.21. The molecule has 1 aliphatic rings. The number of benzene rings is 2. The second kappa shape index (κ2) is 7.58. The molecule has 27 heavy (non-hydrogen) atoms. The molecule has 1 aliphatic heterocycles. The fourth-order valence-corrected chi connectivity index (χ4v) is 3.38. The molecule has 3 rings (SSSR count). The molecule has 1 fully saturated rings. The minimum absolute atomic E-state index is 0.0757. The molecule has 0 unspecified atom stereocenters. The van der Waals surface area contributed by atoms with Crippen LogP contribution < -0.4 is 9.80 Å². The topological polar surface area (TPSA) is 110 Å². The molecular weight excluding hydrogens is 376 g/mol. The van der Waals surface area contributed by atoms with Crippen LogP contribution in [0.4, 0.5) is 22.7 Å². The Bertz CT molecular complexity index is 912. The monoisotopic (exact) mass is 390 g/mol. The van der Waals surface area contributed by atoms with E-state index in [9.17, 15) is 25.0 Å². The minimum Gasteiger partial charge on any atom is -0.367 e. The lowest BCUT2D eigenvalue weighted by molar-refractivity contribution is -0.384. The number of nitro groups is 2. The third-order valence-corrected chi connectivity index (χ3v) is 4.74. The summed E-state index contributed by atoms with van der Waals surface area (Å²) in [6.07, 6.45) is 0.575. The predicted molar refractivity (Wildman–Crippen MR) is 101 cm³/mol. The van der Waals surface area contributed by atoms with Crippen LogP contribution in [0.3, 0.4) is 0 Å². The van der Waals surface area contributed by atoms with E-state index in [1.807, 2.05) is 9.80 Å². The Hall–Kier alpha value is -3.20. The van der Waals surface area contributed by atoms with Crippen molar-refractivity contribution >= 4 is 40.6 Å². The molecule has 2 aromatic carbocycles. The first-order valence-electron chi connectivity index (χ1n) is 8.08. The summed E-state index contributed by atoms with van der Waals surface area (Å²) in [6, 6.07) is 8.72. The van der Waals surface area contributed by atoms with Crippen molar-refractivity contribution in [3.8, 4) is 0 Å². The maximum atomic E-state index is 11.3. The van der Waals surface area contributed by atoms with Crippen molar-refractivity contribution in [2.24, 2.45) is 0 Å². The number of carbonyl (C=O) groups is 1. The maximum Gasteiger partial charge on any atom is 0.293 e. The summed E-state index contributed by atoms with van der Waals surface area (Å²) in [4.78, 5) is 35.9. The lowest BCUT2D eigenvalue weighted by atomic mass is 10.1. The van der Waals surface area contributed by atoms with Gasteiger partial charge in [-0.15, -0.1) is 0 Å². The Morgan fingerprint density at radius 2 is 1.48 bits per heavy atom. The summed E-state index contributed by atoms with van der Waals surface area (Å²) >= 11 is 6.18. The van der Waals surface area contributed by atoms with Gasteiger partial charge in [0, 0.05) is 49.9 Å². The van der Waals surface area contributed by atoms with E-state index in [0.717, 1.165) is 0 Å². The van der Waals surface area contributed by atoms with Crippen molar-refractivity contribution in [1.82, 2.24) is 0 Å². The summed E-state index contributed by atoms with van der Waals surface area (Å²) in [5.74, 6) is 0. The minimum atomic E-state index is -0.504. The SMILES string of the molecule is O=Cc1ccc(N2CCN(c3ccc([N+](=O)[O-])cc3Cl)CC2)c([N+](=O)[O-])c1. The number of nitro benzene ring substituents is 2. The van der Waals surface area contributed by atoms with E-state index in [1.165, 1.54) is 18.2 Å². The molecule has 0 saturated carbocycles. The van der Waals surface area contributed by atoms with Crippen molar-refractivity contribution in [3.63, 3.8) is 0 Å². The van der Waals surface area contributed by atoms with Crippen LogP contribution in [0.25, 0.3) is 0 Å². The van der Waals surface area contributed by atoms with Crippen LogP contribution in [0.2, 0.25) is 5.02 Å². The third-order valence-electron chi connectivity index (χ3n) is 4.44. The Balaban J connectivity index is 1.77. The van der Waals surface area contributed by atoms with E-state index >= 15 is 0 Å². The molecule has 0 aliphatic carbocycles. The second-order valence-electron chi connectivity index (χ2n) is 5.99. The van der Waals surface area contributed by atoms with Gasteiger partial charge in [0.1, 0.15) is 12.0 Å². The first-order valence-corrected chi connectivity index (χ1v) is 8.46. The number of hydrogen-bond donors (Lipinski definition) is 0. The largest absolute Gasteiger partial charge is 0.367 e. The molecule has 0 N–H and O–H groups in total. The molecule has 140 valence electrons. The number of aldehydes is 1. The molecular formula is C17H15ClN4O5. The molecule has 0 radical (unpaired) electrons. The van der Waals surface area contributed by atoms with Crippen LogP contribution in [-0.2, 0) is 0 Å². The molecule has 9 nitrogen and oxygen atoms in total. The van der Waals surface area contributed by atoms with E-state index in [0.29, 0.717) is 48.9 Å². The zero-order valence-corrected chi connectivity index (χ0v) is 14.8. The van der Waals surface area contributed by atoms with Crippen molar-refractivity contribution in [3.05, 3.63) is 67.2 Å². The van der Waals surface area contributed by atoms with Gasteiger partial charge in [0.25, 0.3) is 11.4 Å². The number of carbonyl (C=O) groups excluding carboxylic acids is 1. The standard InChI is InChI=1S/C17H15ClN4O5/c18-14-10-13(21(24)25)2-4-15(14)19-5-7-20(8-6-19)16-3-1-12(11-23)9-17(16)22(26)27/h1-4,9-11H,5-8H2. The Morgan fingerprint density at radius 3 is 2.00 bits per heavy atom. The number of halogens is 1. The summed E-state index contributed by atoms with van der Waals surface area (Å²) < 4.78 is 0. The zero-order chi connectivity index (χ0) is 19.6. The number of non-ortho nitro benzene ring substituents is 1. The Kier molecular flexibility index (Phi) is 5.22. The van der Waals surface area contributed by atoms with Crippen LogP contribution in [-0.4, -0.2) is 42.3 Å². The van der Waals surface area contributed by atoms with Crippen LogP contribution in [0, 0.1) is 20.2 Å². The fraction of sp³-hybridized carbons (Fsp3) is 0.235. The number of piperazine rings is 1. The van der Waals surface area contributed by atoms with Crippen LogP contribution in [0.5, 0.6) is 0 Å². The van der Waals surface area contributed by atoms with Crippen molar-refractivity contribution < 1.29 is 14.6 Å². The van der Waals surface area contributed by atoms with Crippen LogP contribution in [0.15, 0.2) is 36.4 Å². The third kappa shape index (κ3) is 3.82. The molecule has 10 heteroatoms. The van der Waals surface area contributed by atoms with Crippen LogP contribution >= 0.6 is 11.6 Å². The molecule has 0 aromatic heterocycles. The zero-order valence-electron chi connectivity index (χ0n) is 14.1. The molecule has 0 atom stereocenters. The van der Waals surface area contributed by atoms with Gasteiger partial charge in [-0.3, -0.25) is 25.0 Å². The number of hydrogen-bond acceptors (Lipinski definition) is 7. The second-order valence-corrected chi connectivity index (χ2v) is 6.40. The van der Waals surface area contributed by atoms with E-state index in [1.54, 1.807) is 18.2 Å². The number of rotatable bonds is 5. The van der Waals surface area contributed by atoms with Crippen molar-refractivity contribution in [2.45, 2.75) is 0 Å². The van der Waals surface area contributed by atoms with E-state index in [-0.39, 0.29) is 16.9 Å². The van der Waals surface area contributed by atoms with Crippen molar-refractivity contribution in [2.75, 3.05) is 36.0 Å². The average Bonchev–Trinajstić information content (AvgIpc) is 2.67. The normalized spacial score (nSPS) is 14.1. The van der Waals surface area contributed by atoms with Gasteiger partial charge in [-0.05, 0) is 18.2 Å². The smallest absolute Gasteiger partial charge is 0.293 e. The first-order chi connectivity index (χ1) is 12.9. The van der Waals surface area contributed by atoms with Gasteiger partial charge in [0.05, 0.1) is 20.6 Å². The Morgan fingerprint density at radius 1 is 0.889 bits per heavy atom. The fourth-order valence-electron chi connectivity index (χ4n) is 3.08. The highest BCUT2D eigenvalue weighted by Crippen LogP contribution is 2.33. The van der Waals surface area contributed by atoms with Gasteiger partial charge in [-0.25, -0.2) is 0 Å². The lowest BCUT2D eigenvalue weighted by Crippen LogP contribution is -2.46. The number of anilines is 2. The van der Waals surface area contributed by atoms with Gasteiger partial charge >= 0.3 is 0 Å². The average molecular weight is 391 g/mol. The summed E-state index contributed by atoms with van der Waals surface area (Å²) in [6.45, 7) is 2.11. The Labute approximate surface area is 159 Å². The predicted octanol–water partition coefficient (Wildman–Crippen LogP) is 3.30. The molecule has 0 spiro atoms. The molecule has 2 aromatic rings. The highest BCUT2D eigenvalue weighted by atomic mass is 35.5. The maximum absolute atomic E-state index is 11.3. The van der Waals surface area contributed by atoms with E-state index in [2.05, 4.69) is 0 Å². The molecule has 0 bridgehead atoms.